The molecule has 0 spiro atoms. The normalized spacial score (nSPS) is 16.1. The molecule has 2 rings (SSSR count). The van der Waals surface area contributed by atoms with Gasteiger partial charge >= 0.3 is 0 Å². The molecule has 1 aromatic carbocycles. The first kappa shape index (κ1) is 15.6. The molecule has 1 N–H and O–H groups in total. The van der Waals surface area contributed by atoms with Crippen LogP contribution in [0.15, 0.2) is 18.2 Å². The van der Waals surface area contributed by atoms with Crippen molar-refractivity contribution in [2.75, 3.05) is 26.2 Å². The number of carbonyl (C=O) groups excluding carboxylic acids is 1. The zero-order chi connectivity index (χ0) is 14.4. The third kappa shape index (κ3) is 4.97. The van der Waals surface area contributed by atoms with Crippen LogP contribution in [0.3, 0.4) is 0 Å². The largest absolute Gasteiger partial charge is 0.355 e. The van der Waals surface area contributed by atoms with Crippen molar-refractivity contribution < 1.29 is 4.79 Å². The molecule has 1 fully saturated rings. The van der Waals surface area contributed by atoms with E-state index < -0.39 is 0 Å². The zero-order valence-corrected chi connectivity index (χ0v) is 13.0. The van der Waals surface area contributed by atoms with E-state index in [-0.39, 0.29) is 5.91 Å². The van der Waals surface area contributed by atoms with Gasteiger partial charge < -0.3 is 5.32 Å². The summed E-state index contributed by atoms with van der Waals surface area (Å²) >= 11 is 11.9. The molecule has 3 nitrogen and oxygen atoms in total. The summed E-state index contributed by atoms with van der Waals surface area (Å²) in [4.78, 5) is 14.1. The molecular weight excluding hydrogens is 295 g/mol. The van der Waals surface area contributed by atoms with Gasteiger partial charge in [-0.1, -0.05) is 35.7 Å². The van der Waals surface area contributed by atoms with Crippen molar-refractivity contribution in [1.82, 2.24) is 10.2 Å². The van der Waals surface area contributed by atoms with E-state index in [1.807, 2.05) is 12.1 Å². The Morgan fingerprint density at radius 1 is 1.20 bits per heavy atom. The maximum atomic E-state index is 11.8. The molecule has 1 saturated heterocycles. The molecule has 0 aromatic heterocycles. The minimum Gasteiger partial charge on any atom is -0.355 e. The van der Waals surface area contributed by atoms with E-state index in [0.717, 1.165) is 25.1 Å². The monoisotopic (exact) mass is 314 g/mol. The van der Waals surface area contributed by atoms with Gasteiger partial charge in [-0.15, -0.1) is 0 Å². The van der Waals surface area contributed by atoms with Crippen LogP contribution in [0, 0.1) is 0 Å². The number of piperidine rings is 1. The quantitative estimate of drug-likeness (QED) is 0.905. The van der Waals surface area contributed by atoms with Crippen LogP contribution in [0.25, 0.3) is 0 Å². The summed E-state index contributed by atoms with van der Waals surface area (Å²) in [5.41, 5.74) is 1.01. The molecule has 0 bridgehead atoms. The van der Waals surface area contributed by atoms with Crippen LogP contribution in [0.5, 0.6) is 0 Å². The lowest BCUT2D eigenvalue weighted by molar-refractivity contribution is -0.122. The molecule has 1 aliphatic heterocycles. The highest BCUT2D eigenvalue weighted by Crippen LogP contribution is 2.21. The predicted molar refractivity (Wildman–Crippen MR) is 83.5 cm³/mol. The van der Waals surface area contributed by atoms with Crippen molar-refractivity contribution in [1.29, 1.82) is 0 Å². The molecule has 110 valence electrons. The molecule has 0 unspecified atom stereocenters. The van der Waals surface area contributed by atoms with Crippen LogP contribution < -0.4 is 5.32 Å². The lowest BCUT2D eigenvalue weighted by atomic mass is 10.1. The third-order valence-corrected chi connectivity index (χ3v) is 4.13. The second-order valence-electron chi connectivity index (χ2n) is 5.17. The smallest absolute Gasteiger partial charge is 0.234 e. The Morgan fingerprint density at radius 2 is 1.95 bits per heavy atom. The summed E-state index contributed by atoms with van der Waals surface area (Å²) in [7, 11) is 0. The van der Waals surface area contributed by atoms with Gasteiger partial charge in [-0.3, -0.25) is 9.69 Å². The van der Waals surface area contributed by atoms with Gasteiger partial charge in [0.15, 0.2) is 0 Å². The highest BCUT2D eigenvalue weighted by atomic mass is 35.5. The fraction of sp³-hybridized carbons (Fsp3) is 0.533. The molecule has 5 heteroatoms. The van der Waals surface area contributed by atoms with E-state index >= 15 is 0 Å². The summed E-state index contributed by atoms with van der Waals surface area (Å²) in [6, 6.07) is 5.45. The minimum atomic E-state index is 0.0944. The summed E-state index contributed by atoms with van der Waals surface area (Å²) in [6.07, 6.45) is 4.41. The molecule has 1 aromatic rings. The first-order valence-electron chi connectivity index (χ1n) is 7.08. The lowest BCUT2D eigenvalue weighted by Crippen LogP contribution is -2.40. The average Bonchev–Trinajstić information content (AvgIpc) is 2.42. The van der Waals surface area contributed by atoms with E-state index in [2.05, 4.69) is 10.2 Å². The van der Waals surface area contributed by atoms with Gasteiger partial charge in [0.2, 0.25) is 5.91 Å². The lowest BCUT2D eigenvalue weighted by Gasteiger charge is -2.25. The zero-order valence-electron chi connectivity index (χ0n) is 11.5. The maximum Gasteiger partial charge on any atom is 0.234 e. The molecule has 1 heterocycles. The average molecular weight is 315 g/mol. The molecule has 0 atom stereocenters. The second-order valence-corrected chi connectivity index (χ2v) is 6.02. The van der Waals surface area contributed by atoms with E-state index in [9.17, 15) is 4.79 Å². The summed E-state index contributed by atoms with van der Waals surface area (Å²) in [5, 5.41) is 4.24. The highest BCUT2D eigenvalue weighted by Gasteiger charge is 2.13. The predicted octanol–water partition coefficient (Wildman–Crippen LogP) is 3.14. The first-order chi connectivity index (χ1) is 9.65. The number of carbonyl (C=O) groups is 1. The Balaban J connectivity index is 1.70. The van der Waals surface area contributed by atoms with E-state index in [1.54, 1.807) is 6.07 Å². The number of likely N-dealkylation sites (tertiary alicyclic amines) is 1. The second kappa shape index (κ2) is 7.87. The van der Waals surface area contributed by atoms with Gasteiger partial charge in [0, 0.05) is 16.6 Å². The van der Waals surface area contributed by atoms with Crippen molar-refractivity contribution in [3.05, 3.63) is 33.8 Å². The van der Waals surface area contributed by atoms with Crippen LogP contribution in [-0.2, 0) is 11.2 Å². The van der Waals surface area contributed by atoms with Crippen LogP contribution in [0.1, 0.15) is 24.8 Å². The number of amides is 1. The molecule has 0 saturated carbocycles. The Bertz CT molecular complexity index is 459. The third-order valence-electron chi connectivity index (χ3n) is 3.55. The van der Waals surface area contributed by atoms with Crippen LogP contribution in [0.4, 0.5) is 0 Å². The molecule has 1 amide bonds. The topological polar surface area (TPSA) is 32.3 Å². The standard InChI is InChI=1S/C15H20Cl2N2O/c16-13-5-4-12(14(17)10-13)6-7-18-15(20)11-19-8-2-1-3-9-19/h4-5,10H,1-3,6-9,11H2,(H,18,20). The number of rotatable bonds is 5. The summed E-state index contributed by atoms with van der Waals surface area (Å²) in [5.74, 6) is 0.0944. The fourth-order valence-corrected chi connectivity index (χ4v) is 2.94. The van der Waals surface area contributed by atoms with Crippen molar-refractivity contribution in [3.8, 4) is 0 Å². The number of nitrogens with zero attached hydrogens (tertiary/aromatic N) is 1. The van der Waals surface area contributed by atoms with E-state index in [4.69, 9.17) is 23.2 Å². The maximum absolute atomic E-state index is 11.8. The summed E-state index contributed by atoms with van der Waals surface area (Å²) in [6.45, 7) is 3.19. The van der Waals surface area contributed by atoms with Gasteiger partial charge in [-0.2, -0.15) is 0 Å². The summed E-state index contributed by atoms with van der Waals surface area (Å²) < 4.78 is 0. The Morgan fingerprint density at radius 3 is 2.65 bits per heavy atom. The molecule has 1 aliphatic rings. The van der Waals surface area contributed by atoms with Crippen LogP contribution in [-0.4, -0.2) is 37.0 Å². The van der Waals surface area contributed by atoms with Crippen molar-refractivity contribution >= 4 is 29.1 Å². The van der Waals surface area contributed by atoms with Gasteiger partial charge in [-0.25, -0.2) is 0 Å². The van der Waals surface area contributed by atoms with Gasteiger partial charge in [0.25, 0.3) is 0 Å². The number of halogens is 2. The van der Waals surface area contributed by atoms with Crippen LogP contribution in [0.2, 0.25) is 10.0 Å². The Kier molecular flexibility index (Phi) is 6.14. The molecule has 0 aliphatic carbocycles. The number of hydrogen-bond donors (Lipinski definition) is 1. The van der Waals surface area contributed by atoms with Gasteiger partial charge in [0.1, 0.15) is 0 Å². The number of nitrogens with one attached hydrogen (secondary N) is 1. The Labute approximate surface area is 130 Å². The first-order valence-corrected chi connectivity index (χ1v) is 7.84. The minimum absolute atomic E-state index is 0.0944. The van der Waals surface area contributed by atoms with Crippen LogP contribution >= 0.6 is 23.2 Å². The molecule has 20 heavy (non-hydrogen) atoms. The van der Waals surface area contributed by atoms with Crippen molar-refractivity contribution in [2.24, 2.45) is 0 Å². The fourth-order valence-electron chi connectivity index (χ4n) is 2.44. The molecular formula is C15H20Cl2N2O. The SMILES string of the molecule is O=C(CN1CCCCC1)NCCc1ccc(Cl)cc1Cl. The number of hydrogen-bond acceptors (Lipinski definition) is 2. The molecule has 0 radical (unpaired) electrons. The van der Waals surface area contributed by atoms with Crippen molar-refractivity contribution in [3.63, 3.8) is 0 Å². The van der Waals surface area contributed by atoms with Crippen molar-refractivity contribution in [2.45, 2.75) is 25.7 Å². The highest BCUT2D eigenvalue weighted by molar-refractivity contribution is 6.35. The number of benzene rings is 1. The van der Waals surface area contributed by atoms with Gasteiger partial charge in [-0.05, 0) is 50.0 Å². The van der Waals surface area contributed by atoms with E-state index in [0.29, 0.717) is 23.1 Å². The Hall–Kier alpha value is -0.770. The van der Waals surface area contributed by atoms with E-state index in [1.165, 1.54) is 19.3 Å². The van der Waals surface area contributed by atoms with Gasteiger partial charge in [0.05, 0.1) is 6.54 Å².